The normalized spacial score (nSPS) is 24.4. The van der Waals surface area contributed by atoms with Crippen LogP contribution in [-0.2, 0) is 14.3 Å². The summed E-state index contributed by atoms with van der Waals surface area (Å²) in [7, 11) is 1.28. The van der Waals surface area contributed by atoms with Crippen LogP contribution in [0.5, 0.6) is 5.75 Å². The molecule has 1 aliphatic heterocycles. The van der Waals surface area contributed by atoms with Gasteiger partial charge in [0.05, 0.1) is 35.1 Å². The molecule has 35 heavy (non-hydrogen) atoms. The Morgan fingerprint density at radius 2 is 1.71 bits per heavy atom. The molecule has 2 amide bonds. The molecule has 2 aromatic carbocycles. The van der Waals surface area contributed by atoms with Crippen LogP contribution in [0.25, 0.3) is 0 Å². The minimum atomic E-state index is -0.817. The molecule has 4 atom stereocenters. The third-order valence-corrected chi connectivity index (χ3v) is 7.30. The lowest BCUT2D eigenvalue weighted by molar-refractivity contribution is -0.385. The fourth-order valence-corrected chi connectivity index (χ4v) is 5.74. The van der Waals surface area contributed by atoms with Crippen LogP contribution in [0.1, 0.15) is 40.0 Å². The van der Waals surface area contributed by atoms with Crippen molar-refractivity contribution in [3.8, 4) is 5.75 Å². The summed E-state index contributed by atoms with van der Waals surface area (Å²) < 4.78 is 10.0. The van der Waals surface area contributed by atoms with Crippen molar-refractivity contribution in [1.82, 2.24) is 0 Å². The number of carbonyl (C=O) groups is 4. The first kappa shape index (κ1) is 22.7. The highest BCUT2D eigenvalue weighted by Crippen LogP contribution is 2.56. The molecule has 2 aromatic rings. The highest BCUT2D eigenvalue weighted by Gasteiger charge is 2.61. The van der Waals surface area contributed by atoms with E-state index < -0.39 is 23.3 Å². The molecule has 1 saturated heterocycles. The van der Waals surface area contributed by atoms with E-state index >= 15 is 0 Å². The Bertz CT molecular complexity index is 1240. The van der Waals surface area contributed by atoms with Crippen LogP contribution < -0.4 is 9.64 Å². The SMILES string of the molecule is COc1ccc(C(=O)COC(=O)c2cccc(N3C(=O)[C@H]4[C@H]5CC[C@@H](C5)[C@@H]4C3=O)c2)cc1[N+](=O)[O-]. The number of amides is 2. The van der Waals surface area contributed by atoms with E-state index in [0.29, 0.717) is 5.69 Å². The van der Waals surface area contributed by atoms with Crippen molar-refractivity contribution in [2.24, 2.45) is 23.7 Å². The number of rotatable bonds is 7. The quantitative estimate of drug-likeness (QED) is 0.195. The van der Waals surface area contributed by atoms with E-state index in [1.807, 2.05) is 0 Å². The maximum Gasteiger partial charge on any atom is 0.338 e. The smallest absolute Gasteiger partial charge is 0.338 e. The van der Waals surface area contributed by atoms with Gasteiger partial charge in [-0.25, -0.2) is 4.79 Å². The van der Waals surface area contributed by atoms with Gasteiger partial charge in [-0.1, -0.05) is 6.07 Å². The zero-order chi connectivity index (χ0) is 24.9. The second kappa shape index (κ2) is 8.61. The van der Waals surface area contributed by atoms with Gasteiger partial charge >= 0.3 is 11.7 Å². The molecule has 10 heteroatoms. The molecule has 0 aromatic heterocycles. The average Bonchev–Trinajstić information content (AvgIpc) is 3.55. The summed E-state index contributed by atoms with van der Waals surface area (Å²) >= 11 is 0. The number of imide groups is 1. The van der Waals surface area contributed by atoms with Crippen molar-refractivity contribution in [1.29, 1.82) is 0 Å². The van der Waals surface area contributed by atoms with E-state index in [1.165, 1.54) is 36.3 Å². The lowest BCUT2D eigenvalue weighted by Gasteiger charge is -2.19. The number of ketones is 1. The van der Waals surface area contributed by atoms with Crippen molar-refractivity contribution in [3.63, 3.8) is 0 Å². The lowest BCUT2D eigenvalue weighted by atomic mass is 9.81. The maximum atomic E-state index is 13.0. The van der Waals surface area contributed by atoms with Crippen molar-refractivity contribution < 1.29 is 33.6 Å². The Morgan fingerprint density at radius 1 is 1.03 bits per heavy atom. The fraction of sp³-hybridized carbons (Fsp3) is 0.360. The van der Waals surface area contributed by atoms with Crippen molar-refractivity contribution in [2.75, 3.05) is 18.6 Å². The van der Waals surface area contributed by atoms with Gasteiger partial charge in [0, 0.05) is 11.6 Å². The van der Waals surface area contributed by atoms with E-state index in [2.05, 4.69) is 0 Å². The van der Waals surface area contributed by atoms with Gasteiger partial charge in [-0.05, 0) is 61.4 Å². The molecular formula is C25H22N2O8. The van der Waals surface area contributed by atoms with Crippen molar-refractivity contribution >= 4 is 34.9 Å². The number of nitrogens with zero attached hydrogens (tertiary/aromatic N) is 2. The Balaban J connectivity index is 1.28. The first-order valence-corrected chi connectivity index (χ1v) is 11.3. The zero-order valence-corrected chi connectivity index (χ0v) is 18.8. The van der Waals surface area contributed by atoms with Crippen LogP contribution in [0, 0.1) is 33.8 Å². The highest BCUT2D eigenvalue weighted by molar-refractivity contribution is 6.22. The van der Waals surface area contributed by atoms with E-state index in [4.69, 9.17) is 9.47 Å². The number of nitro groups is 1. The van der Waals surface area contributed by atoms with Crippen LogP contribution >= 0.6 is 0 Å². The number of fused-ring (bicyclic) bond motifs is 5. The summed E-state index contributed by atoms with van der Waals surface area (Å²) in [6.07, 6.45) is 2.87. The molecule has 0 unspecified atom stereocenters. The van der Waals surface area contributed by atoms with Crippen LogP contribution in [0.4, 0.5) is 11.4 Å². The maximum absolute atomic E-state index is 13.0. The number of nitro benzene ring substituents is 1. The average molecular weight is 478 g/mol. The third-order valence-electron chi connectivity index (χ3n) is 7.30. The number of esters is 1. The highest BCUT2D eigenvalue weighted by atomic mass is 16.6. The number of benzene rings is 2. The summed E-state index contributed by atoms with van der Waals surface area (Å²) in [5.41, 5.74) is 0.000934. The second-order valence-electron chi connectivity index (χ2n) is 9.09. The molecule has 2 bridgehead atoms. The summed E-state index contributed by atoms with van der Waals surface area (Å²) in [5.74, 6) is -1.92. The third kappa shape index (κ3) is 3.74. The summed E-state index contributed by atoms with van der Waals surface area (Å²) in [6, 6.07) is 9.71. The predicted octanol–water partition coefficient (Wildman–Crippen LogP) is 3.18. The molecule has 2 aliphatic carbocycles. The van der Waals surface area contributed by atoms with E-state index in [-0.39, 0.29) is 58.0 Å². The standard InChI is InChI=1S/C25H22N2O8/c1-34-20-8-7-13(11-18(20)27(32)33)19(28)12-35-25(31)16-3-2-4-17(10-16)26-23(29)21-14-5-6-15(9-14)22(21)24(26)30/h2-4,7-8,10-11,14-15,21-22H,5-6,9,12H2,1H3/t14-,15-,21-,22-/m0/s1. The number of hydrogen-bond acceptors (Lipinski definition) is 8. The molecular weight excluding hydrogens is 456 g/mol. The van der Waals surface area contributed by atoms with Gasteiger partial charge in [0.25, 0.3) is 0 Å². The van der Waals surface area contributed by atoms with Crippen LogP contribution in [0.2, 0.25) is 0 Å². The summed E-state index contributed by atoms with van der Waals surface area (Å²) in [5, 5.41) is 11.2. The largest absolute Gasteiger partial charge is 0.490 e. The summed E-state index contributed by atoms with van der Waals surface area (Å²) in [4.78, 5) is 62.8. The monoisotopic (exact) mass is 478 g/mol. The Morgan fingerprint density at radius 3 is 2.34 bits per heavy atom. The Kier molecular flexibility index (Phi) is 5.58. The number of methoxy groups -OCH3 is 1. The minimum Gasteiger partial charge on any atom is -0.490 e. The van der Waals surface area contributed by atoms with Gasteiger partial charge in [-0.2, -0.15) is 0 Å². The molecule has 10 nitrogen and oxygen atoms in total. The summed E-state index contributed by atoms with van der Waals surface area (Å²) in [6.45, 7) is -0.637. The minimum absolute atomic E-state index is 0.00325. The van der Waals surface area contributed by atoms with Crippen molar-refractivity contribution in [2.45, 2.75) is 19.3 Å². The molecule has 3 aliphatic rings. The van der Waals surface area contributed by atoms with Gasteiger partial charge in [-0.15, -0.1) is 0 Å². The van der Waals surface area contributed by atoms with Crippen LogP contribution in [0.15, 0.2) is 42.5 Å². The first-order chi connectivity index (χ1) is 16.8. The molecule has 0 spiro atoms. The predicted molar refractivity (Wildman–Crippen MR) is 121 cm³/mol. The molecule has 5 rings (SSSR count). The molecule has 180 valence electrons. The topological polar surface area (TPSA) is 133 Å². The fourth-order valence-electron chi connectivity index (χ4n) is 5.74. The second-order valence-corrected chi connectivity index (χ2v) is 9.09. The Labute approximate surface area is 200 Å². The molecule has 1 heterocycles. The van der Waals surface area contributed by atoms with E-state index in [9.17, 15) is 29.3 Å². The molecule has 0 N–H and O–H groups in total. The van der Waals surface area contributed by atoms with Crippen LogP contribution in [-0.4, -0.2) is 42.2 Å². The van der Waals surface area contributed by atoms with Crippen LogP contribution in [0.3, 0.4) is 0 Å². The van der Waals surface area contributed by atoms with E-state index in [0.717, 1.165) is 25.3 Å². The molecule has 0 radical (unpaired) electrons. The number of Topliss-reactive ketones (excluding diaryl/α,β-unsaturated/α-hetero) is 1. The van der Waals surface area contributed by atoms with E-state index in [1.54, 1.807) is 12.1 Å². The lowest BCUT2D eigenvalue weighted by Crippen LogP contribution is -2.32. The van der Waals surface area contributed by atoms with Gasteiger partial charge in [0.2, 0.25) is 17.6 Å². The first-order valence-electron chi connectivity index (χ1n) is 11.3. The Hall–Kier alpha value is -4.08. The van der Waals surface area contributed by atoms with Crippen molar-refractivity contribution in [3.05, 3.63) is 63.7 Å². The number of carbonyl (C=O) groups excluding carboxylic acids is 4. The van der Waals surface area contributed by atoms with Gasteiger partial charge in [0.1, 0.15) is 0 Å². The van der Waals surface area contributed by atoms with Gasteiger partial charge in [-0.3, -0.25) is 29.4 Å². The molecule has 2 saturated carbocycles. The zero-order valence-electron chi connectivity index (χ0n) is 18.8. The molecule has 3 fully saturated rings. The van der Waals surface area contributed by atoms with Gasteiger partial charge < -0.3 is 9.47 Å². The number of ether oxygens (including phenoxy) is 2. The van der Waals surface area contributed by atoms with Gasteiger partial charge in [0.15, 0.2) is 12.4 Å². The number of anilines is 1. The number of hydrogen-bond donors (Lipinski definition) is 0.